The summed E-state index contributed by atoms with van der Waals surface area (Å²) < 4.78 is 0. The van der Waals surface area contributed by atoms with Gasteiger partial charge in [0, 0.05) is 71.8 Å². The molecule has 0 saturated carbocycles. The molecule has 6 heterocycles. The van der Waals surface area contributed by atoms with Crippen LogP contribution in [0.5, 0.6) is 0 Å². The summed E-state index contributed by atoms with van der Waals surface area (Å²) in [6.45, 7) is 3.25. The fraction of sp³-hybridized carbons (Fsp3) is 0.0476. The van der Waals surface area contributed by atoms with Gasteiger partial charge in [-0.1, -0.05) is 34.8 Å². The van der Waals surface area contributed by atoms with E-state index in [-0.39, 0.29) is 52.7 Å². The molecule has 8 rings (SSSR count). The standard InChI is InChI=1S/2C12H8N4S.2C9H8O4.2H2O.Zn/c2*1-5-13-6-2-9(1)11-15-16-12(17-11)10-3-7-14-8-4-10;2*1-5-2-6(8(10)11)4-7(3-5)9(12)13;;;/h2*1-8H;2*2-4H,1H3,(H,10,11)(H,12,13);2*1H2;/q;;;;;;+2/p-2. The molecule has 0 aliphatic rings. The third-order valence-corrected chi connectivity index (χ3v) is 9.72. The van der Waals surface area contributed by atoms with Gasteiger partial charge in [-0.05, 0) is 109 Å². The molecule has 316 valence electrons. The maximum absolute atomic E-state index is 10.5. The number of hydrogen-bond donors (Lipinski definition) is 2. The summed E-state index contributed by atoms with van der Waals surface area (Å²) in [7, 11) is 0. The molecule has 0 aliphatic carbocycles. The van der Waals surface area contributed by atoms with Crippen LogP contribution in [0, 0.1) is 13.8 Å². The number of hydrogen-bond acceptors (Lipinski definition) is 16. The summed E-state index contributed by atoms with van der Waals surface area (Å²) in [5.41, 5.74) is 5.01. The van der Waals surface area contributed by atoms with Crippen molar-refractivity contribution in [3.8, 4) is 42.3 Å². The first kappa shape index (κ1) is 51.7. The molecule has 0 spiro atoms. The van der Waals surface area contributed by atoms with Gasteiger partial charge in [0.15, 0.2) is 0 Å². The average molecular weight is 940 g/mol. The molecule has 0 unspecified atom stereocenters. The quantitative estimate of drug-likeness (QED) is 0.205. The second kappa shape index (κ2) is 25.4. The van der Waals surface area contributed by atoms with Crippen LogP contribution in [0.4, 0.5) is 0 Å². The Balaban J connectivity index is 0.000000287. The minimum Gasteiger partial charge on any atom is -0.545 e. The largest absolute Gasteiger partial charge is 2.00 e. The monoisotopic (exact) mass is 938 g/mol. The van der Waals surface area contributed by atoms with E-state index in [1.165, 1.54) is 24.3 Å². The van der Waals surface area contributed by atoms with E-state index in [2.05, 4.69) is 40.3 Å². The molecule has 0 aliphatic heterocycles. The fourth-order valence-electron chi connectivity index (χ4n) is 4.94. The van der Waals surface area contributed by atoms with Crippen molar-refractivity contribution in [3.05, 3.63) is 168 Å². The van der Waals surface area contributed by atoms with E-state index in [9.17, 15) is 29.4 Å². The Morgan fingerprint density at radius 2 is 0.651 bits per heavy atom. The maximum atomic E-state index is 10.5. The first-order valence-corrected chi connectivity index (χ1v) is 18.9. The van der Waals surface area contributed by atoms with Crippen molar-refractivity contribution in [2.75, 3.05) is 0 Å². The molecule has 6 aromatic heterocycles. The van der Waals surface area contributed by atoms with Gasteiger partial charge >= 0.3 is 31.4 Å². The molecule has 0 bridgehead atoms. The normalized spacial score (nSPS) is 9.56. The summed E-state index contributed by atoms with van der Waals surface area (Å²) in [5, 5.41) is 58.4. The second-order valence-corrected chi connectivity index (χ2v) is 14.1. The van der Waals surface area contributed by atoms with E-state index in [0.717, 1.165) is 54.4 Å². The van der Waals surface area contributed by atoms with Crippen LogP contribution in [-0.4, -0.2) is 85.4 Å². The minimum absolute atomic E-state index is 0. The van der Waals surface area contributed by atoms with Gasteiger partial charge < -0.3 is 41.0 Å². The number of nitrogens with zero attached hydrogens (tertiary/aromatic N) is 8. The third-order valence-electron chi connectivity index (χ3n) is 7.68. The first-order valence-electron chi connectivity index (χ1n) is 17.3. The van der Waals surface area contributed by atoms with Crippen molar-refractivity contribution in [1.82, 2.24) is 40.3 Å². The predicted molar refractivity (Wildman–Crippen MR) is 225 cm³/mol. The zero-order chi connectivity index (χ0) is 43.0. The van der Waals surface area contributed by atoms with Gasteiger partial charge in [-0.3, -0.25) is 19.9 Å². The molecule has 18 nitrogen and oxygen atoms in total. The number of carboxylic acids is 4. The molecule has 0 radical (unpaired) electrons. The molecule has 2 aromatic carbocycles. The van der Waals surface area contributed by atoms with Gasteiger partial charge in [0.1, 0.15) is 20.0 Å². The van der Waals surface area contributed by atoms with Crippen LogP contribution in [0.25, 0.3) is 42.3 Å². The van der Waals surface area contributed by atoms with Crippen LogP contribution in [0.3, 0.4) is 0 Å². The van der Waals surface area contributed by atoms with E-state index in [1.54, 1.807) is 86.1 Å². The first-order chi connectivity index (χ1) is 28.9. The number of aromatic nitrogens is 8. The number of aryl methyl sites for hydroxylation is 2. The second-order valence-electron chi connectivity index (χ2n) is 12.1. The van der Waals surface area contributed by atoms with Gasteiger partial charge in [0.25, 0.3) is 0 Å². The van der Waals surface area contributed by atoms with Gasteiger partial charge in [0.05, 0.1) is 23.1 Å². The van der Waals surface area contributed by atoms with Gasteiger partial charge in [0.2, 0.25) is 0 Å². The molecule has 0 saturated heterocycles. The number of aromatic carboxylic acids is 4. The number of rotatable bonds is 8. The zero-order valence-electron chi connectivity index (χ0n) is 33.1. The molecule has 6 N–H and O–H groups in total. The smallest absolute Gasteiger partial charge is 0.545 e. The number of pyridine rings is 4. The molecule has 8 aromatic rings. The van der Waals surface area contributed by atoms with E-state index in [0.29, 0.717) is 11.1 Å². The summed E-state index contributed by atoms with van der Waals surface area (Å²) >= 11 is 3.12. The Morgan fingerprint density at radius 1 is 0.429 bits per heavy atom. The van der Waals surface area contributed by atoms with Crippen molar-refractivity contribution < 1.29 is 70.0 Å². The van der Waals surface area contributed by atoms with Crippen LogP contribution >= 0.6 is 22.7 Å². The number of benzene rings is 2. The SMILES string of the molecule is Cc1cc(C(=O)[O-])cc(C(=O)O)c1.Cc1cc(C(=O)[O-])cc(C(=O)O)c1.O.O.[Zn+2].c1cc(-c2nnc(-c3ccncc3)s2)ccn1.c1cc(-c2nnc(-c3ccncc3)s2)ccn1. The minimum atomic E-state index is -1.37. The van der Waals surface area contributed by atoms with Crippen molar-refractivity contribution in [1.29, 1.82) is 0 Å². The Hall–Kier alpha value is -7.42. The maximum Gasteiger partial charge on any atom is 2.00 e. The van der Waals surface area contributed by atoms with E-state index in [4.69, 9.17) is 10.2 Å². The number of carbonyl (C=O) groups excluding carboxylic acids is 2. The topological polar surface area (TPSA) is 321 Å². The van der Waals surface area contributed by atoms with Crippen molar-refractivity contribution in [2.45, 2.75) is 13.8 Å². The summed E-state index contributed by atoms with van der Waals surface area (Å²) in [6, 6.07) is 23.1. The molecule has 21 heteroatoms. The van der Waals surface area contributed by atoms with Gasteiger partial charge in [-0.2, -0.15) is 0 Å². The van der Waals surface area contributed by atoms with Crippen molar-refractivity contribution in [3.63, 3.8) is 0 Å². The van der Waals surface area contributed by atoms with Crippen LogP contribution < -0.4 is 10.2 Å². The van der Waals surface area contributed by atoms with Crippen LogP contribution in [0.2, 0.25) is 0 Å². The number of carbonyl (C=O) groups is 4. The van der Waals surface area contributed by atoms with E-state index < -0.39 is 23.9 Å². The Kier molecular flexibility index (Phi) is 20.8. The van der Waals surface area contributed by atoms with Crippen LogP contribution in [0.15, 0.2) is 135 Å². The van der Waals surface area contributed by atoms with Gasteiger partial charge in [-0.25, -0.2) is 9.59 Å². The van der Waals surface area contributed by atoms with E-state index >= 15 is 0 Å². The molecule has 0 amide bonds. The van der Waals surface area contributed by atoms with E-state index in [1.807, 2.05) is 48.5 Å². The molecule has 0 atom stereocenters. The number of carboxylic acid groups (broad SMARTS) is 4. The molecular weight excluding hydrogens is 906 g/mol. The average Bonchev–Trinajstić information content (AvgIpc) is 3.97. The Morgan fingerprint density at radius 3 is 0.857 bits per heavy atom. The Labute approximate surface area is 379 Å². The van der Waals surface area contributed by atoms with Crippen LogP contribution in [0.1, 0.15) is 52.6 Å². The molecular formula is C42H34N8O10S2Zn. The summed E-state index contributed by atoms with van der Waals surface area (Å²) in [4.78, 5) is 57.8. The molecule has 63 heavy (non-hydrogen) atoms. The van der Waals surface area contributed by atoms with Crippen molar-refractivity contribution in [2.24, 2.45) is 0 Å². The summed E-state index contributed by atoms with van der Waals surface area (Å²) in [5.74, 6) is -5.03. The van der Waals surface area contributed by atoms with Crippen molar-refractivity contribution >= 4 is 46.6 Å². The summed E-state index contributed by atoms with van der Waals surface area (Å²) in [6.07, 6.45) is 14.0. The zero-order valence-corrected chi connectivity index (χ0v) is 37.7. The fourth-order valence-corrected chi connectivity index (χ4v) is 6.65. The third kappa shape index (κ3) is 15.5. The molecule has 0 fully saturated rings. The Bertz CT molecular complexity index is 2360. The predicted octanol–water partition coefficient (Wildman–Crippen LogP) is 3.79. The van der Waals surface area contributed by atoms with Crippen LogP contribution in [-0.2, 0) is 19.5 Å². The van der Waals surface area contributed by atoms with Gasteiger partial charge in [-0.15, -0.1) is 20.4 Å².